The molecule has 6 nitrogen and oxygen atoms in total. The molecule has 176 valence electrons. The number of aliphatic hydroxyl groups is 1. The lowest BCUT2D eigenvalue weighted by Gasteiger charge is -2.27. The molecule has 33 heavy (non-hydrogen) atoms. The first kappa shape index (κ1) is 24.6. The molecule has 0 aliphatic carbocycles. The molecular weight excluding hydrogens is 442 g/mol. The highest BCUT2D eigenvalue weighted by Gasteiger charge is 2.47. The third kappa shape index (κ3) is 5.17. The molecule has 1 saturated heterocycles. The molecule has 0 radical (unpaired) electrons. The highest BCUT2D eigenvalue weighted by molar-refractivity contribution is 6.47. The average molecular weight is 472 g/mol. The summed E-state index contributed by atoms with van der Waals surface area (Å²) in [6.07, 6.45) is 1.46. The molecule has 1 fully saturated rings. The first-order valence-corrected chi connectivity index (χ1v) is 11.6. The van der Waals surface area contributed by atoms with Gasteiger partial charge in [0.25, 0.3) is 11.7 Å². The SMILES string of the molecule is CCCCN1C(=O)C(=O)/C(=C(/O)c2cc(OCC)ccc2Cl)C1c1ccccc1OC(C)C. The fourth-order valence-electron chi connectivity index (χ4n) is 3.92. The van der Waals surface area contributed by atoms with E-state index in [0.29, 0.717) is 30.2 Å². The molecule has 1 amide bonds. The summed E-state index contributed by atoms with van der Waals surface area (Å²) < 4.78 is 11.5. The molecule has 3 rings (SSSR count). The molecule has 1 aliphatic heterocycles. The molecule has 1 N–H and O–H groups in total. The highest BCUT2D eigenvalue weighted by Crippen LogP contribution is 2.44. The van der Waals surface area contributed by atoms with Crippen molar-refractivity contribution < 1.29 is 24.2 Å². The van der Waals surface area contributed by atoms with Crippen LogP contribution < -0.4 is 9.47 Å². The number of Topliss-reactive ketones (excluding diaryl/α,β-unsaturated/α-hetero) is 1. The number of unbranched alkanes of at least 4 members (excludes halogenated alkanes) is 1. The third-order valence-electron chi connectivity index (χ3n) is 5.37. The summed E-state index contributed by atoms with van der Waals surface area (Å²) in [5, 5.41) is 11.6. The Morgan fingerprint density at radius 3 is 2.55 bits per heavy atom. The second kappa shape index (κ2) is 10.8. The van der Waals surface area contributed by atoms with Gasteiger partial charge in [0, 0.05) is 17.7 Å². The number of halogens is 1. The summed E-state index contributed by atoms with van der Waals surface area (Å²) in [6, 6.07) is 11.3. The summed E-state index contributed by atoms with van der Waals surface area (Å²) in [5.41, 5.74) is 0.870. The standard InChI is InChI=1S/C26H30ClNO5/c1-5-7-14-28-23(18-10-8-9-11-21(18)33-16(3)4)22(25(30)26(28)31)24(29)19-15-17(32-6-2)12-13-20(19)27/h8-13,15-16,23,29H,5-7,14H2,1-4H3/b24-22+. The minimum Gasteiger partial charge on any atom is -0.507 e. The van der Waals surface area contributed by atoms with Crippen LogP contribution in [0.1, 0.15) is 57.7 Å². The van der Waals surface area contributed by atoms with Crippen molar-refractivity contribution in [1.29, 1.82) is 0 Å². The van der Waals surface area contributed by atoms with E-state index in [9.17, 15) is 14.7 Å². The smallest absolute Gasteiger partial charge is 0.295 e. The van der Waals surface area contributed by atoms with Crippen LogP contribution in [0, 0.1) is 0 Å². The Labute approximate surface area is 199 Å². The van der Waals surface area contributed by atoms with Gasteiger partial charge in [0.05, 0.1) is 29.3 Å². The van der Waals surface area contributed by atoms with Gasteiger partial charge in [-0.15, -0.1) is 0 Å². The minimum absolute atomic E-state index is 0.00791. The molecular formula is C26H30ClNO5. The van der Waals surface area contributed by atoms with Crippen molar-refractivity contribution in [3.05, 3.63) is 64.2 Å². The zero-order valence-electron chi connectivity index (χ0n) is 19.4. The Morgan fingerprint density at radius 2 is 1.88 bits per heavy atom. The molecule has 2 aromatic carbocycles. The van der Waals surface area contributed by atoms with Crippen LogP contribution in [0.15, 0.2) is 48.0 Å². The van der Waals surface area contributed by atoms with Gasteiger partial charge in [0.15, 0.2) is 0 Å². The number of carbonyl (C=O) groups is 2. The van der Waals surface area contributed by atoms with Gasteiger partial charge in [-0.3, -0.25) is 9.59 Å². The predicted molar refractivity (Wildman–Crippen MR) is 129 cm³/mol. The van der Waals surface area contributed by atoms with Gasteiger partial charge >= 0.3 is 0 Å². The van der Waals surface area contributed by atoms with Gasteiger partial charge in [-0.2, -0.15) is 0 Å². The molecule has 1 unspecified atom stereocenters. The molecule has 0 saturated carbocycles. The number of nitrogens with zero attached hydrogens (tertiary/aromatic N) is 1. The van der Waals surface area contributed by atoms with E-state index >= 15 is 0 Å². The molecule has 0 bridgehead atoms. The maximum atomic E-state index is 13.2. The molecule has 2 aromatic rings. The molecule has 0 spiro atoms. The van der Waals surface area contributed by atoms with E-state index in [1.165, 1.54) is 4.90 Å². The van der Waals surface area contributed by atoms with Crippen LogP contribution in [0.4, 0.5) is 0 Å². The number of carbonyl (C=O) groups excluding carboxylic acids is 2. The largest absolute Gasteiger partial charge is 0.507 e. The van der Waals surface area contributed by atoms with Crippen molar-refractivity contribution in [2.45, 2.75) is 52.7 Å². The Bertz CT molecular complexity index is 1060. The minimum atomic E-state index is -0.793. The second-order valence-electron chi connectivity index (χ2n) is 8.13. The monoisotopic (exact) mass is 471 g/mol. The van der Waals surface area contributed by atoms with Crippen LogP contribution >= 0.6 is 11.6 Å². The van der Waals surface area contributed by atoms with E-state index in [0.717, 1.165) is 12.8 Å². The quantitative estimate of drug-likeness (QED) is 0.286. The fraction of sp³-hybridized carbons (Fsp3) is 0.385. The van der Waals surface area contributed by atoms with Crippen LogP contribution in [0.3, 0.4) is 0 Å². The fourth-order valence-corrected chi connectivity index (χ4v) is 4.12. The van der Waals surface area contributed by atoms with E-state index in [1.807, 2.05) is 45.9 Å². The van der Waals surface area contributed by atoms with Gasteiger partial charge in [0.2, 0.25) is 0 Å². The van der Waals surface area contributed by atoms with E-state index in [-0.39, 0.29) is 28.0 Å². The lowest BCUT2D eigenvalue weighted by atomic mass is 9.94. The lowest BCUT2D eigenvalue weighted by Crippen LogP contribution is -2.31. The number of rotatable bonds is 9. The number of hydrogen-bond donors (Lipinski definition) is 1. The maximum absolute atomic E-state index is 13.2. The number of para-hydroxylation sites is 1. The first-order valence-electron chi connectivity index (χ1n) is 11.3. The van der Waals surface area contributed by atoms with E-state index < -0.39 is 17.7 Å². The number of hydrogen-bond acceptors (Lipinski definition) is 5. The van der Waals surface area contributed by atoms with Crippen LogP contribution in [0.25, 0.3) is 5.76 Å². The number of ether oxygens (including phenoxy) is 2. The van der Waals surface area contributed by atoms with Crippen molar-refractivity contribution in [3.63, 3.8) is 0 Å². The Hall–Kier alpha value is -2.99. The Kier molecular flexibility index (Phi) is 8.03. The Balaban J connectivity index is 2.23. The van der Waals surface area contributed by atoms with Crippen molar-refractivity contribution in [2.75, 3.05) is 13.2 Å². The van der Waals surface area contributed by atoms with Crippen molar-refractivity contribution in [2.24, 2.45) is 0 Å². The van der Waals surface area contributed by atoms with E-state index in [2.05, 4.69) is 0 Å². The lowest BCUT2D eigenvalue weighted by molar-refractivity contribution is -0.139. The van der Waals surface area contributed by atoms with Crippen LogP contribution in [-0.4, -0.2) is 41.0 Å². The molecule has 1 atom stereocenters. The summed E-state index contributed by atoms with van der Waals surface area (Å²) in [6.45, 7) is 8.49. The molecule has 0 aromatic heterocycles. The number of amides is 1. The van der Waals surface area contributed by atoms with Crippen molar-refractivity contribution in [3.8, 4) is 11.5 Å². The van der Waals surface area contributed by atoms with Gasteiger partial charge in [-0.25, -0.2) is 0 Å². The first-order chi connectivity index (χ1) is 15.8. The van der Waals surface area contributed by atoms with E-state index in [4.69, 9.17) is 21.1 Å². The molecule has 7 heteroatoms. The van der Waals surface area contributed by atoms with Gasteiger partial charge in [-0.05, 0) is 51.5 Å². The second-order valence-corrected chi connectivity index (χ2v) is 8.53. The number of benzene rings is 2. The summed E-state index contributed by atoms with van der Waals surface area (Å²) >= 11 is 6.38. The maximum Gasteiger partial charge on any atom is 0.295 e. The van der Waals surface area contributed by atoms with Crippen LogP contribution in [-0.2, 0) is 9.59 Å². The summed E-state index contributed by atoms with van der Waals surface area (Å²) in [4.78, 5) is 27.8. The van der Waals surface area contributed by atoms with Gasteiger partial charge in [-0.1, -0.05) is 43.1 Å². The zero-order chi connectivity index (χ0) is 24.1. The summed E-state index contributed by atoms with van der Waals surface area (Å²) in [5.74, 6) is -0.662. The molecule has 1 heterocycles. The van der Waals surface area contributed by atoms with Gasteiger partial charge in [0.1, 0.15) is 17.3 Å². The molecule has 1 aliphatic rings. The average Bonchev–Trinajstić information content (AvgIpc) is 3.03. The normalized spacial score (nSPS) is 17.6. The van der Waals surface area contributed by atoms with Gasteiger partial charge < -0.3 is 19.5 Å². The van der Waals surface area contributed by atoms with Crippen molar-refractivity contribution in [1.82, 2.24) is 4.90 Å². The highest BCUT2D eigenvalue weighted by atomic mass is 35.5. The number of aliphatic hydroxyl groups excluding tert-OH is 1. The zero-order valence-corrected chi connectivity index (χ0v) is 20.2. The third-order valence-corrected chi connectivity index (χ3v) is 5.70. The van der Waals surface area contributed by atoms with Crippen molar-refractivity contribution >= 4 is 29.1 Å². The summed E-state index contributed by atoms with van der Waals surface area (Å²) in [7, 11) is 0. The number of likely N-dealkylation sites (tertiary alicyclic amines) is 1. The predicted octanol–water partition coefficient (Wildman–Crippen LogP) is 5.75. The van der Waals surface area contributed by atoms with Crippen LogP contribution in [0.5, 0.6) is 11.5 Å². The van der Waals surface area contributed by atoms with Crippen LogP contribution in [0.2, 0.25) is 5.02 Å². The van der Waals surface area contributed by atoms with E-state index in [1.54, 1.807) is 24.3 Å². The topological polar surface area (TPSA) is 76.1 Å². The Morgan fingerprint density at radius 1 is 1.15 bits per heavy atom. The number of ketones is 1.